The van der Waals surface area contributed by atoms with Crippen LogP contribution in [0.5, 0.6) is 0 Å². The van der Waals surface area contributed by atoms with Crippen LogP contribution in [0.4, 0.5) is 5.69 Å². The molecule has 0 saturated carbocycles. The molecule has 8 heteroatoms. The van der Waals surface area contributed by atoms with E-state index >= 15 is 0 Å². The number of hydrogen-bond acceptors (Lipinski definition) is 5. The Kier molecular flexibility index (Phi) is 5.92. The lowest BCUT2D eigenvalue weighted by Crippen LogP contribution is -2.49. The molecule has 1 aliphatic heterocycles. The van der Waals surface area contributed by atoms with Gasteiger partial charge in [0, 0.05) is 31.1 Å². The van der Waals surface area contributed by atoms with Crippen molar-refractivity contribution < 1.29 is 4.79 Å². The zero-order chi connectivity index (χ0) is 21.3. The van der Waals surface area contributed by atoms with E-state index in [1.807, 2.05) is 46.2 Å². The van der Waals surface area contributed by atoms with Crippen LogP contribution in [-0.4, -0.2) is 46.8 Å². The van der Waals surface area contributed by atoms with E-state index in [1.165, 1.54) is 15.1 Å². The number of para-hydroxylation sites is 1. The molecule has 30 heavy (non-hydrogen) atoms. The van der Waals surface area contributed by atoms with Gasteiger partial charge in [-0.25, -0.2) is 0 Å². The van der Waals surface area contributed by atoms with Gasteiger partial charge in [-0.15, -0.1) is 11.3 Å². The first kappa shape index (κ1) is 20.6. The van der Waals surface area contributed by atoms with Crippen LogP contribution in [-0.2, 0) is 6.42 Å². The fourth-order valence-corrected chi connectivity index (χ4v) is 5.01. The summed E-state index contributed by atoms with van der Waals surface area (Å²) in [7, 11) is 0. The molecule has 0 bridgehead atoms. The molecule has 1 aliphatic rings. The second-order valence-corrected chi connectivity index (χ2v) is 8.76. The number of hydrogen-bond donors (Lipinski definition) is 0. The summed E-state index contributed by atoms with van der Waals surface area (Å²) in [5.41, 5.74) is 2.12. The summed E-state index contributed by atoms with van der Waals surface area (Å²) in [6, 6.07) is 11.2. The first-order valence-electron chi connectivity index (χ1n) is 9.96. The van der Waals surface area contributed by atoms with Crippen LogP contribution in [0.15, 0.2) is 47.4 Å². The molecule has 0 aliphatic carbocycles. The molecule has 0 spiro atoms. The minimum absolute atomic E-state index is 0.0752. The summed E-state index contributed by atoms with van der Waals surface area (Å²) in [5.74, 6) is 0.0752. The Bertz CT molecular complexity index is 1120. The Morgan fingerprint density at radius 3 is 2.50 bits per heavy atom. The number of aryl methyl sites for hydroxylation is 2. The highest BCUT2D eigenvalue weighted by molar-refractivity contribution is 7.14. The average molecular weight is 443 g/mol. The third-order valence-corrected chi connectivity index (χ3v) is 7.09. The maximum absolute atomic E-state index is 12.9. The van der Waals surface area contributed by atoms with Crippen molar-refractivity contribution >= 4 is 34.5 Å². The lowest BCUT2D eigenvalue weighted by molar-refractivity contribution is 0.0751. The SMILES string of the molecule is CCc1sc(C(=O)N2CCN(c3cnn(-c4ccccc4)c(=O)c3Cl)CC2)cc1C. The standard InChI is InChI=1S/C22H23ClN4O2S/c1-3-18-15(2)13-19(30-18)21(28)26-11-9-25(10-12-26)17-14-24-27(22(29)20(17)23)16-7-5-4-6-8-16/h4-8,13-14H,3,9-12H2,1-2H3. The Hall–Kier alpha value is -2.64. The Labute approximate surface area is 184 Å². The lowest BCUT2D eigenvalue weighted by Gasteiger charge is -2.36. The van der Waals surface area contributed by atoms with E-state index in [9.17, 15) is 9.59 Å². The molecule has 1 aromatic carbocycles. The molecule has 4 rings (SSSR count). The van der Waals surface area contributed by atoms with E-state index in [-0.39, 0.29) is 16.5 Å². The van der Waals surface area contributed by atoms with E-state index in [0.29, 0.717) is 37.6 Å². The molecule has 0 atom stereocenters. The summed E-state index contributed by atoms with van der Waals surface area (Å²) in [6.45, 7) is 6.52. The number of amides is 1. The van der Waals surface area contributed by atoms with Crippen LogP contribution in [0, 0.1) is 6.92 Å². The Balaban J connectivity index is 1.48. The van der Waals surface area contributed by atoms with Gasteiger partial charge >= 0.3 is 0 Å². The number of rotatable bonds is 4. The van der Waals surface area contributed by atoms with Crippen molar-refractivity contribution in [3.05, 3.63) is 73.3 Å². The van der Waals surface area contributed by atoms with Gasteiger partial charge in [0.15, 0.2) is 0 Å². The number of thiophene rings is 1. The number of halogens is 1. The van der Waals surface area contributed by atoms with Crippen molar-refractivity contribution in [1.29, 1.82) is 0 Å². The van der Waals surface area contributed by atoms with Gasteiger partial charge in [-0.3, -0.25) is 9.59 Å². The number of anilines is 1. The van der Waals surface area contributed by atoms with Crippen LogP contribution in [0.1, 0.15) is 27.0 Å². The van der Waals surface area contributed by atoms with Crippen molar-refractivity contribution in [2.24, 2.45) is 0 Å². The molecule has 3 aromatic rings. The first-order chi connectivity index (χ1) is 14.5. The summed E-state index contributed by atoms with van der Waals surface area (Å²) in [6.07, 6.45) is 2.57. The number of piperazine rings is 1. The van der Waals surface area contributed by atoms with Crippen molar-refractivity contribution in [3.63, 3.8) is 0 Å². The van der Waals surface area contributed by atoms with E-state index in [0.717, 1.165) is 11.3 Å². The van der Waals surface area contributed by atoms with Gasteiger partial charge in [0.1, 0.15) is 5.02 Å². The smallest absolute Gasteiger partial charge is 0.292 e. The fraction of sp³-hybridized carbons (Fsp3) is 0.318. The number of nitrogens with zero attached hydrogens (tertiary/aromatic N) is 4. The van der Waals surface area contributed by atoms with Gasteiger partial charge in [0.05, 0.1) is 22.4 Å². The second kappa shape index (κ2) is 8.62. The third-order valence-electron chi connectivity index (χ3n) is 5.36. The van der Waals surface area contributed by atoms with Crippen molar-refractivity contribution in [1.82, 2.24) is 14.7 Å². The van der Waals surface area contributed by atoms with Crippen LogP contribution in [0.25, 0.3) is 5.69 Å². The van der Waals surface area contributed by atoms with Gasteiger partial charge in [0.25, 0.3) is 11.5 Å². The van der Waals surface area contributed by atoms with Gasteiger partial charge < -0.3 is 9.80 Å². The predicted molar refractivity (Wildman–Crippen MR) is 121 cm³/mol. The first-order valence-corrected chi connectivity index (χ1v) is 11.2. The van der Waals surface area contributed by atoms with E-state index < -0.39 is 0 Å². The van der Waals surface area contributed by atoms with Crippen LogP contribution >= 0.6 is 22.9 Å². The molecule has 1 saturated heterocycles. The molecule has 6 nitrogen and oxygen atoms in total. The predicted octanol–water partition coefficient (Wildman–Crippen LogP) is 3.78. The number of carbonyl (C=O) groups is 1. The quantitative estimate of drug-likeness (QED) is 0.617. The minimum Gasteiger partial charge on any atom is -0.365 e. The summed E-state index contributed by atoms with van der Waals surface area (Å²) in [4.78, 5) is 31.5. The number of carbonyl (C=O) groups excluding carboxylic acids is 1. The largest absolute Gasteiger partial charge is 0.365 e. The molecular weight excluding hydrogens is 420 g/mol. The molecule has 1 fully saturated rings. The summed E-state index contributed by atoms with van der Waals surface area (Å²) in [5, 5.41) is 4.46. The van der Waals surface area contributed by atoms with Gasteiger partial charge in [-0.05, 0) is 37.1 Å². The molecule has 156 valence electrons. The van der Waals surface area contributed by atoms with Crippen molar-refractivity contribution in [2.45, 2.75) is 20.3 Å². The van der Waals surface area contributed by atoms with Crippen LogP contribution in [0.2, 0.25) is 5.02 Å². The van der Waals surface area contributed by atoms with Gasteiger partial charge in [-0.1, -0.05) is 36.7 Å². The normalized spacial score (nSPS) is 14.2. The van der Waals surface area contributed by atoms with Crippen molar-refractivity contribution in [3.8, 4) is 5.69 Å². The highest BCUT2D eigenvalue weighted by atomic mass is 35.5. The van der Waals surface area contributed by atoms with Crippen LogP contribution < -0.4 is 10.5 Å². The van der Waals surface area contributed by atoms with E-state index in [2.05, 4.69) is 18.9 Å². The van der Waals surface area contributed by atoms with Gasteiger partial charge in [-0.2, -0.15) is 9.78 Å². The highest BCUT2D eigenvalue weighted by Gasteiger charge is 2.26. The summed E-state index contributed by atoms with van der Waals surface area (Å²) < 4.78 is 1.30. The zero-order valence-corrected chi connectivity index (χ0v) is 18.5. The van der Waals surface area contributed by atoms with Crippen molar-refractivity contribution in [2.75, 3.05) is 31.1 Å². The molecule has 0 unspecified atom stereocenters. The third kappa shape index (κ3) is 3.87. The lowest BCUT2D eigenvalue weighted by atomic mass is 10.2. The molecule has 2 aromatic heterocycles. The molecule has 0 radical (unpaired) electrons. The monoisotopic (exact) mass is 442 g/mol. The highest BCUT2D eigenvalue weighted by Crippen LogP contribution is 2.26. The second-order valence-electron chi connectivity index (χ2n) is 7.25. The van der Waals surface area contributed by atoms with Gasteiger partial charge in [0.2, 0.25) is 0 Å². The molecule has 0 N–H and O–H groups in total. The number of aromatic nitrogens is 2. The fourth-order valence-electron chi connectivity index (χ4n) is 3.68. The zero-order valence-electron chi connectivity index (χ0n) is 17.0. The van der Waals surface area contributed by atoms with E-state index in [4.69, 9.17) is 11.6 Å². The number of benzene rings is 1. The average Bonchev–Trinajstić information content (AvgIpc) is 3.16. The Morgan fingerprint density at radius 2 is 1.87 bits per heavy atom. The minimum atomic E-state index is -0.347. The molecule has 3 heterocycles. The maximum Gasteiger partial charge on any atom is 0.292 e. The summed E-state index contributed by atoms with van der Waals surface area (Å²) >= 11 is 8.00. The molecular formula is C22H23ClN4O2S. The topological polar surface area (TPSA) is 58.4 Å². The molecule has 1 amide bonds. The van der Waals surface area contributed by atoms with E-state index in [1.54, 1.807) is 17.5 Å². The Morgan fingerprint density at radius 1 is 1.17 bits per heavy atom. The maximum atomic E-state index is 12.9. The van der Waals surface area contributed by atoms with Crippen LogP contribution in [0.3, 0.4) is 0 Å².